The fraction of sp³-hybridized carbons (Fsp3) is 0.917. The molecule has 1 aliphatic heterocycles. The van der Waals surface area contributed by atoms with E-state index in [-0.39, 0.29) is 11.6 Å². The zero-order valence-electron chi connectivity index (χ0n) is 9.38. The molecule has 1 aliphatic carbocycles. The van der Waals surface area contributed by atoms with Gasteiger partial charge < -0.3 is 0 Å². The Morgan fingerprint density at radius 1 is 1.29 bits per heavy atom. The second kappa shape index (κ2) is 3.65. The summed E-state index contributed by atoms with van der Waals surface area (Å²) in [5.41, 5.74) is 0.262. The lowest BCUT2D eigenvalue weighted by molar-refractivity contribution is -0.127. The number of rotatable bonds is 1. The summed E-state index contributed by atoms with van der Waals surface area (Å²) >= 11 is 0. The normalized spacial score (nSPS) is 33.6. The summed E-state index contributed by atoms with van der Waals surface area (Å²) in [4.78, 5) is 14.3. The van der Waals surface area contributed by atoms with Crippen LogP contribution in [-0.4, -0.2) is 28.8 Å². The molecule has 1 saturated carbocycles. The van der Waals surface area contributed by atoms with Crippen LogP contribution in [0.5, 0.6) is 0 Å². The van der Waals surface area contributed by atoms with Gasteiger partial charge in [-0.1, -0.05) is 6.42 Å². The van der Waals surface area contributed by atoms with Gasteiger partial charge in [0.05, 0.1) is 6.04 Å². The van der Waals surface area contributed by atoms with Gasteiger partial charge in [-0.2, -0.15) is 0 Å². The van der Waals surface area contributed by atoms with Gasteiger partial charge in [-0.3, -0.25) is 9.69 Å². The summed E-state index contributed by atoms with van der Waals surface area (Å²) in [5.74, 6) is 0.492. The maximum atomic E-state index is 11.8. The molecule has 2 rings (SSSR count). The fourth-order valence-electron chi connectivity index (χ4n) is 3.00. The van der Waals surface area contributed by atoms with Crippen LogP contribution in [0.1, 0.15) is 52.4 Å². The molecule has 0 aromatic carbocycles. The van der Waals surface area contributed by atoms with E-state index >= 15 is 0 Å². The molecule has 0 amide bonds. The van der Waals surface area contributed by atoms with Crippen molar-refractivity contribution < 1.29 is 4.79 Å². The van der Waals surface area contributed by atoms with Crippen molar-refractivity contribution in [3.8, 4) is 0 Å². The smallest absolute Gasteiger partial charge is 0.149 e. The molecule has 0 aromatic rings. The molecule has 0 spiro atoms. The number of likely N-dealkylation sites (tertiary alicyclic amines) is 1. The molecule has 1 heterocycles. The van der Waals surface area contributed by atoms with Crippen molar-refractivity contribution in [2.75, 3.05) is 6.54 Å². The quantitative estimate of drug-likeness (QED) is 0.640. The van der Waals surface area contributed by atoms with E-state index in [0.29, 0.717) is 5.78 Å². The third-order valence-corrected chi connectivity index (χ3v) is 3.86. The summed E-state index contributed by atoms with van der Waals surface area (Å²) in [5, 5.41) is 0. The predicted octanol–water partition coefficient (Wildman–Crippen LogP) is 2.37. The largest absolute Gasteiger partial charge is 0.298 e. The minimum Gasteiger partial charge on any atom is -0.298 e. The van der Waals surface area contributed by atoms with Crippen LogP contribution in [0.15, 0.2) is 0 Å². The van der Waals surface area contributed by atoms with E-state index in [1.165, 1.54) is 19.3 Å². The third kappa shape index (κ3) is 1.72. The monoisotopic (exact) mass is 195 g/mol. The topological polar surface area (TPSA) is 20.3 Å². The minimum atomic E-state index is 0.251. The van der Waals surface area contributed by atoms with Crippen LogP contribution in [-0.2, 0) is 4.79 Å². The van der Waals surface area contributed by atoms with E-state index in [2.05, 4.69) is 18.7 Å². The molecule has 2 aliphatic rings. The Kier molecular flexibility index (Phi) is 2.65. The maximum Gasteiger partial charge on any atom is 0.149 e. The first-order chi connectivity index (χ1) is 6.61. The molecule has 80 valence electrons. The van der Waals surface area contributed by atoms with Crippen molar-refractivity contribution in [2.24, 2.45) is 0 Å². The van der Waals surface area contributed by atoms with Crippen LogP contribution in [0.4, 0.5) is 0 Å². The molecular weight excluding hydrogens is 174 g/mol. The first kappa shape index (κ1) is 10.2. The fourth-order valence-corrected chi connectivity index (χ4v) is 3.00. The molecule has 1 saturated heterocycles. The van der Waals surface area contributed by atoms with Crippen molar-refractivity contribution in [3.05, 3.63) is 0 Å². The lowest BCUT2D eigenvalue weighted by Gasteiger charge is -2.39. The van der Waals surface area contributed by atoms with Crippen molar-refractivity contribution in [3.63, 3.8) is 0 Å². The Morgan fingerprint density at radius 2 is 2.07 bits per heavy atom. The van der Waals surface area contributed by atoms with Gasteiger partial charge in [0.1, 0.15) is 5.78 Å². The van der Waals surface area contributed by atoms with Crippen LogP contribution >= 0.6 is 0 Å². The zero-order valence-corrected chi connectivity index (χ0v) is 9.38. The van der Waals surface area contributed by atoms with Crippen LogP contribution < -0.4 is 0 Å². The lowest BCUT2D eigenvalue weighted by atomic mass is 9.90. The summed E-state index contributed by atoms with van der Waals surface area (Å²) in [7, 11) is 0. The summed E-state index contributed by atoms with van der Waals surface area (Å²) in [6, 6.07) is 0.251. The van der Waals surface area contributed by atoms with Gasteiger partial charge >= 0.3 is 0 Å². The Morgan fingerprint density at radius 3 is 2.64 bits per heavy atom. The van der Waals surface area contributed by atoms with E-state index in [9.17, 15) is 4.79 Å². The van der Waals surface area contributed by atoms with E-state index in [1.807, 2.05) is 0 Å². The third-order valence-electron chi connectivity index (χ3n) is 3.86. The molecule has 1 atom stereocenters. The molecule has 0 bridgehead atoms. The van der Waals surface area contributed by atoms with Crippen LogP contribution in [0, 0.1) is 0 Å². The Bertz CT molecular complexity index is 234. The zero-order chi connectivity index (χ0) is 10.2. The Balaban J connectivity index is 2.09. The van der Waals surface area contributed by atoms with Crippen molar-refractivity contribution in [1.29, 1.82) is 0 Å². The second-order valence-electron chi connectivity index (χ2n) is 5.34. The van der Waals surface area contributed by atoms with Crippen LogP contribution in [0.25, 0.3) is 0 Å². The first-order valence-electron chi connectivity index (χ1n) is 5.91. The number of hydrogen-bond acceptors (Lipinski definition) is 2. The lowest BCUT2D eigenvalue weighted by Crippen LogP contribution is -2.50. The van der Waals surface area contributed by atoms with E-state index in [1.54, 1.807) is 0 Å². The molecule has 0 aromatic heterocycles. The van der Waals surface area contributed by atoms with Gasteiger partial charge in [0, 0.05) is 12.0 Å². The highest BCUT2D eigenvalue weighted by Gasteiger charge is 2.39. The van der Waals surface area contributed by atoms with Gasteiger partial charge in [-0.05, 0) is 46.1 Å². The average molecular weight is 195 g/mol. The number of nitrogens with zero attached hydrogens (tertiary/aromatic N) is 1. The standard InChI is InChI=1S/C12H21NO/c1-12(2)8-5-9-13(12)10-6-3-4-7-11(10)14/h10H,3-9H2,1-2H3. The molecule has 2 heteroatoms. The maximum absolute atomic E-state index is 11.8. The highest BCUT2D eigenvalue weighted by Crippen LogP contribution is 2.33. The Labute approximate surface area is 86.7 Å². The van der Waals surface area contributed by atoms with Crippen molar-refractivity contribution >= 4 is 5.78 Å². The number of ketones is 1. The molecule has 0 radical (unpaired) electrons. The molecule has 1 unspecified atom stereocenters. The molecule has 2 nitrogen and oxygen atoms in total. The molecule has 2 fully saturated rings. The van der Waals surface area contributed by atoms with Crippen LogP contribution in [0.2, 0.25) is 0 Å². The molecular formula is C12H21NO. The number of carbonyl (C=O) groups is 1. The highest BCUT2D eigenvalue weighted by atomic mass is 16.1. The van der Waals surface area contributed by atoms with Crippen LogP contribution in [0.3, 0.4) is 0 Å². The minimum absolute atomic E-state index is 0.251. The molecule has 0 N–H and O–H groups in total. The summed E-state index contributed by atoms with van der Waals surface area (Å²) in [6.45, 7) is 5.69. The predicted molar refractivity (Wildman–Crippen MR) is 57.3 cm³/mol. The van der Waals surface area contributed by atoms with Gasteiger partial charge in [-0.25, -0.2) is 0 Å². The number of hydrogen-bond donors (Lipinski definition) is 0. The number of Topliss-reactive ketones (excluding diaryl/α,β-unsaturated/α-hetero) is 1. The number of carbonyl (C=O) groups excluding carboxylic acids is 1. The highest BCUT2D eigenvalue weighted by molar-refractivity contribution is 5.84. The SMILES string of the molecule is CC1(C)CCCN1C1CCCCC1=O. The summed E-state index contributed by atoms with van der Waals surface area (Å²) < 4.78 is 0. The molecule has 14 heavy (non-hydrogen) atoms. The van der Waals surface area contributed by atoms with Crippen molar-refractivity contribution in [1.82, 2.24) is 4.90 Å². The Hall–Kier alpha value is -0.370. The first-order valence-corrected chi connectivity index (χ1v) is 5.91. The average Bonchev–Trinajstić information content (AvgIpc) is 2.46. The second-order valence-corrected chi connectivity index (χ2v) is 5.34. The van der Waals surface area contributed by atoms with Gasteiger partial charge in [0.25, 0.3) is 0 Å². The van der Waals surface area contributed by atoms with Gasteiger partial charge in [0.15, 0.2) is 0 Å². The van der Waals surface area contributed by atoms with Gasteiger partial charge in [0.2, 0.25) is 0 Å². The van der Waals surface area contributed by atoms with E-state index in [4.69, 9.17) is 0 Å². The summed E-state index contributed by atoms with van der Waals surface area (Å²) in [6.07, 6.45) is 6.78. The van der Waals surface area contributed by atoms with E-state index in [0.717, 1.165) is 25.8 Å². The van der Waals surface area contributed by atoms with Gasteiger partial charge in [-0.15, -0.1) is 0 Å². The van der Waals surface area contributed by atoms with Crippen molar-refractivity contribution in [2.45, 2.75) is 64.0 Å². The van der Waals surface area contributed by atoms with E-state index < -0.39 is 0 Å².